The summed E-state index contributed by atoms with van der Waals surface area (Å²) < 4.78 is 0. The molecule has 0 heterocycles. The second-order valence-electron chi connectivity index (χ2n) is 4.58. The van der Waals surface area contributed by atoms with Gasteiger partial charge in [-0.15, -0.1) is 11.6 Å². The van der Waals surface area contributed by atoms with E-state index in [0.29, 0.717) is 10.8 Å². The summed E-state index contributed by atoms with van der Waals surface area (Å²) >= 11 is 5.98. The summed E-state index contributed by atoms with van der Waals surface area (Å²) in [6.07, 6.45) is 5.31. The van der Waals surface area contributed by atoms with E-state index in [-0.39, 0.29) is 0 Å². The number of hydrogen-bond acceptors (Lipinski definition) is 0. The molecule has 11 heavy (non-hydrogen) atoms. The van der Waals surface area contributed by atoms with Crippen LogP contribution in [-0.4, -0.2) is 5.88 Å². The number of halogens is 1. The Morgan fingerprint density at radius 3 is 2.18 bits per heavy atom. The van der Waals surface area contributed by atoms with Gasteiger partial charge < -0.3 is 0 Å². The fourth-order valence-electron chi connectivity index (χ4n) is 2.04. The van der Waals surface area contributed by atoms with Gasteiger partial charge >= 0.3 is 0 Å². The Labute approximate surface area is 75.3 Å². The molecule has 1 unspecified atom stereocenters. The number of hydrogen-bond donors (Lipinski definition) is 0. The van der Waals surface area contributed by atoms with Crippen molar-refractivity contribution >= 4 is 11.6 Å². The monoisotopic (exact) mass is 174 g/mol. The quantitative estimate of drug-likeness (QED) is 0.569. The average molecular weight is 175 g/mol. The van der Waals surface area contributed by atoms with Crippen LogP contribution >= 0.6 is 11.6 Å². The van der Waals surface area contributed by atoms with Crippen LogP contribution in [0.4, 0.5) is 0 Å². The second kappa shape index (κ2) is 2.97. The molecule has 0 amide bonds. The molecule has 0 aromatic carbocycles. The summed E-state index contributed by atoms with van der Waals surface area (Å²) in [6.45, 7) is 6.92. The minimum absolute atomic E-state index is 0.505. The van der Waals surface area contributed by atoms with Crippen LogP contribution in [0.15, 0.2) is 0 Å². The van der Waals surface area contributed by atoms with Gasteiger partial charge in [0.1, 0.15) is 0 Å². The zero-order valence-corrected chi connectivity index (χ0v) is 8.67. The molecule has 1 rings (SSSR count). The van der Waals surface area contributed by atoms with Crippen molar-refractivity contribution in [3.63, 3.8) is 0 Å². The topological polar surface area (TPSA) is 0 Å². The lowest BCUT2D eigenvalue weighted by Crippen LogP contribution is -2.10. The third-order valence-electron chi connectivity index (χ3n) is 3.36. The molecule has 1 atom stereocenters. The summed E-state index contributed by atoms with van der Waals surface area (Å²) in [5.41, 5.74) is 1.04. The molecular formula is C10H19Cl. The van der Waals surface area contributed by atoms with Crippen LogP contribution in [0.1, 0.15) is 46.5 Å². The maximum Gasteiger partial charge on any atom is 0.0285 e. The van der Waals surface area contributed by atoms with Gasteiger partial charge in [-0.1, -0.05) is 33.6 Å². The Balaban J connectivity index is 2.40. The number of unbranched alkanes of at least 4 members (excludes halogenated alkanes) is 1. The van der Waals surface area contributed by atoms with E-state index in [1.807, 2.05) is 0 Å². The first-order valence-corrected chi connectivity index (χ1v) is 5.17. The highest BCUT2D eigenvalue weighted by atomic mass is 35.5. The molecule has 0 radical (unpaired) electrons. The normalized spacial score (nSPS) is 33.8. The molecule has 0 bridgehead atoms. The van der Waals surface area contributed by atoms with Crippen LogP contribution in [0.2, 0.25) is 0 Å². The average Bonchev–Trinajstić information content (AvgIpc) is 2.50. The fraction of sp³-hybridized carbons (Fsp3) is 1.00. The minimum Gasteiger partial charge on any atom is -0.126 e. The largest absolute Gasteiger partial charge is 0.126 e. The van der Waals surface area contributed by atoms with Gasteiger partial charge in [0.15, 0.2) is 0 Å². The van der Waals surface area contributed by atoms with Gasteiger partial charge in [-0.05, 0) is 23.7 Å². The van der Waals surface area contributed by atoms with E-state index in [4.69, 9.17) is 11.6 Å². The lowest BCUT2D eigenvalue weighted by atomic mass is 9.92. The van der Waals surface area contributed by atoms with Crippen molar-refractivity contribution < 1.29 is 0 Å². The highest BCUT2D eigenvalue weighted by Gasteiger charge is 2.59. The van der Waals surface area contributed by atoms with E-state index in [1.165, 1.54) is 25.7 Å². The molecule has 0 nitrogen and oxygen atoms in total. The standard InChI is InChI=1S/C10H19Cl/c1-4-5-6-10(8-11)7-9(10,2)3/h4-8H2,1-3H3. The van der Waals surface area contributed by atoms with Gasteiger partial charge in [0.05, 0.1) is 0 Å². The molecule has 1 fully saturated rings. The molecule has 1 heteroatoms. The maximum atomic E-state index is 5.98. The van der Waals surface area contributed by atoms with Crippen molar-refractivity contribution in [2.24, 2.45) is 10.8 Å². The van der Waals surface area contributed by atoms with Crippen molar-refractivity contribution in [3.05, 3.63) is 0 Å². The van der Waals surface area contributed by atoms with Gasteiger partial charge in [-0.25, -0.2) is 0 Å². The predicted octanol–water partition coefficient (Wildman–Crippen LogP) is 3.83. The predicted molar refractivity (Wildman–Crippen MR) is 51.1 cm³/mol. The Morgan fingerprint density at radius 2 is 1.91 bits per heavy atom. The third-order valence-corrected chi connectivity index (χ3v) is 3.87. The van der Waals surface area contributed by atoms with Gasteiger partial charge in [-0.2, -0.15) is 0 Å². The van der Waals surface area contributed by atoms with E-state index in [1.54, 1.807) is 0 Å². The fourth-order valence-corrected chi connectivity index (χ4v) is 2.63. The zero-order valence-electron chi connectivity index (χ0n) is 7.91. The Morgan fingerprint density at radius 1 is 1.36 bits per heavy atom. The highest BCUT2D eigenvalue weighted by molar-refractivity contribution is 6.18. The van der Waals surface area contributed by atoms with Crippen LogP contribution in [0.25, 0.3) is 0 Å². The summed E-state index contributed by atoms with van der Waals surface area (Å²) in [6, 6.07) is 0. The van der Waals surface area contributed by atoms with E-state index in [0.717, 1.165) is 5.88 Å². The minimum atomic E-state index is 0.505. The van der Waals surface area contributed by atoms with Crippen molar-refractivity contribution in [2.75, 3.05) is 5.88 Å². The first kappa shape index (κ1) is 9.38. The summed E-state index contributed by atoms with van der Waals surface area (Å²) in [4.78, 5) is 0. The Kier molecular flexibility index (Phi) is 2.53. The van der Waals surface area contributed by atoms with E-state index in [9.17, 15) is 0 Å². The lowest BCUT2D eigenvalue weighted by molar-refractivity contribution is 0.383. The summed E-state index contributed by atoms with van der Waals surface area (Å²) in [5, 5.41) is 0. The zero-order chi connectivity index (χ0) is 8.54. The van der Waals surface area contributed by atoms with Crippen LogP contribution in [-0.2, 0) is 0 Å². The van der Waals surface area contributed by atoms with E-state index in [2.05, 4.69) is 20.8 Å². The van der Waals surface area contributed by atoms with Crippen LogP contribution in [0.3, 0.4) is 0 Å². The van der Waals surface area contributed by atoms with Gasteiger partial charge in [0.25, 0.3) is 0 Å². The first-order valence-electron chi connectivity index (χ1n) is 4.64. The Hall–Kier alpha value is 0.290. The van der Waals surface area contributed by atoms with Crippen LogP contribution in [0.5, 0.6) is 0 Å². The SMILES string of the molecule is CCCCC1(CCl)CC1(C)C. The molecule has 0 aliphatic heterocycles. The smallest absolute Gasteiger partial charge is 0.0285 e. The maximum absolute atomic E-state index is 5.98. The van der Waals surface area contributed by atoms with Crippen molar-refractivity contribution in [1.82, 2.24) is 0 Å². The number of rotatable bonds is 4. The summed E-state index contributed by atoms with van der Waals surface area (Å²) in [7, 11) is 0. The molecule has 0 saturated heterocycles. The van der Waals surface area contributed by atoms with Crippen LogP contribution < -0.4 is 0 Å². The molecule has 1 saturated carbocycles. The van der Waals surface area contributed by atoms with Gasteiger partial charge in [0, 0.05) is 5.88 Å². The van der Waals surface area contributed by atoms with Crippen molar-refractivity contribution in [3.8, 4) is 0 Å². The number of alkyl halides is 1. The van der Waals surface area contributed by atoms with Gasteiger partial charge in [-0.3, -0.25) is 0 Å². The van der Waals surface area contributed by atoms with E-state index >= 15 is 0 Å². The van der Waals surface area contributed by atoms with Gasteiger partial charge in [0.2, 0.25) is 0 Å². The molecule has 66 valence electrons. The van der Waals surface area contributed by atoms with Crippen molar-refractivity contribution in [1.29, 1.82) is 0 Å². The third kappa shape index (κ3) is 1.56. The molecule has 0 aromatic heterocycles. The molecule has 1 aliphatic rings. The Bertz CT molecular complexity index is 140. The molecule has 0 spiro atoms. The highest BCUT2D eigenvalue weighted by Crippen LogP contribution is 2.66. The van der Waals surface area contributed by atoms with Crippen LogP contribution in [0, 0.1) is 10.8 Å². The lowest BCUT2D eigenvalue weighted by Gasteiger charge is -2.16. The molecule has 1 aliphatic carbocycles. The molecule has 0 N–H and O–H groups in total. The summed E-state index contributed by atoms with van der Waals surface area (Å²) in [5.74, 6) is 0.861. The first-order chi connectivity index (χ1) is 5.08. The van der Waals surface area contributed by atoms with E-state index < -0.39 is 0 Å². The molecular weight excluding hydrogens is 156 g/mol. The van der Waals surface area contributed by atoms with Crippen molar-refractivity contribution in [2.45, 2.75) is 46.5 Å². The molecule has 0 aromatic rings. The second-order valence-corrected chi connectivity index (χ2v) is 4.85.